The molecule has 0 radical (unpaired) electrons. The summed E-state index contributed by atoms with van der Waals surface area (Å²) in [4.78, 5) is 39.9. The van der Waals surface area contributed by atoms with Gasteiger partial charge < -0.3 is 21.2 Å². The van der Waals surface area contributed by atoms with Crippen LogP contribution in [0.3, 0.4) is 0 Å². The topological polar surface area (TPSA) is 123 Å². The van der Waals surface area contributed by atoms with Gasteiger partial charge in [0, 0.05) is 19.6 Å². The van der Waals surface area contributed by atoms with E-state index in [0.29, 0.717) is 13.1 Å². The fourth-order valence-electron chi connectivity index (χ4n) is 3.18. The first-order chi connectivity index (χ1) is 16.1. The van der Waals surface area contributed by atoms with E-state index in [1.165, 1.54) is 11.1 Å². The Morgan fingerprint density at radius 1 is 0.788 bits per heavy atom. The molecule has 0 bridgehead atoms. The molecule has 0 spiro atoms. The van der Waals surface area contributed by atoms with Gasteiger partial charge in [-0.15, -0.1) is 0 Å². The van der Waals surface area contributed by atoms with E-state index < -0.39 is 11.9 Å². The number of hydroxylamine groups is 1. The Balaban J connectivity index is 1.57. The van der Waals surface area contributed by atoms with Crippen molar-refractivity contribution < 1.29 is 19.2 Å². The Labute approximate surface area is 195 Å². The maximum atomic E-state index is 12.0. The van der Waals surface area contributed by atoms with Gasteiger partial charge in [0.15, 0.2) is 0 Å². The minimum atomic E-state index is -0.621. The Kier molecular flexibility index (Phi) is 12.3. The molecule has 2 aromatic carbocycles. The quantitative estimate of drug-likeness (QED) is 0.253. The van der Waals surface area contributed by atoms with Gasteiger partial charge in [0.05, 0.1) is 19.4 Å². The van der Waals surface area contributed by atoms with Crippen molar-refractivity contribution in [2.75, 3.05) is 26.2 Å². The van der Waals surface area contributed by atoms with Gasteiger partial charge in [-0.05, 0) is 42.4 Å². The number of benzene rings is 2. The average Bonchev–Trinajstić information content (AvgIpc) is 2.82. The molecule has 8 nitrogen and oxygen atoms in total. The Hall–Kier alpha value is -3.23. The number of carbonyl (C=O) groups is 3. The van der Waals surface area contributed by atoms with Gasteiger partial charge in [-0.1, -0.05) is 54.6 Å². The van der Waals surface area contributed by atoms with E-state index >= 15 is 0 Å². The van der Waals surface area contributed by atoms with E-state index in [-0.39, 0.29) is 31.8 Å². The lowest BCUT2D eigenvalue weighted by atomic mass is 10.0. The van der Waals surface area contributed by atoms with Crippen molar-refractivity contribution in [1.82, 2.24) is 16.1 Å². The van der Waals surface area contributed by atoms with Crippen LogP contribution in [0.1, 0.15) is 36.0 Å². The average molecular weight is 455 g/mol. The summed E-state index contributed by atoms with van der Waals surface area (Å²) in [6.07, 6.45) is 4.39. The van der Waals surface area contributed by atoms with Crippen LogP contribution in [0.4, 0.5) is 0 Å². The summed E-state index contributed by atoms with van der Waals surface area (Å²) in [5.41, 5.74) is 10.9. The molecule has 0 heterocycles. The molecule has 0 unspecified atom stereocenters. The molecule has 33 heavy (non-hydrogen) atoms. The van der Waals surface area contributed by atoms with Gasteiger partial charge in [-0.2, -0.15) is 5.48 Å². The van der Waals surface area contributed by atoms with Gasteiger partial charge in [0.25, 0.3) is 5.91 Å². The molecule has 178 valence electrons. The van der Waals surface area contributed by atoms with Gasteiger partial charge >= 0.3 is 5.97 Å². The number of hydrogen-bond donors (Lipinski definition) is 4. The van der Waals surface area contributed by atoms with E-state index in [4.69, 9.17) is 10.6 Å². The molecule has 0 fully saturated rings. The van der Waals surface area contributed by atoms with E-state index in [0.717, 1.165) is 31.2 Å². The summed E-state index contributed by atoms with van der Waals surface area (Å²) in [5.74, 6) is -1.27. The Morgan fingerprint density at radius 3 is 2.09 bits per heavy atom. The molecular weight excluding hydrogens is 420 g/mol. The lowest BCUT2D eigenvalue weighted by Crippen LogP contribution is -2.37. The standard InChI is InChI=1S/C25H34N4O4/c26-15-17-27-19-24(31)28-16-14-25(32)33-29-23(30)18-22-12-10-21(11-13-22)9-5-4-8-20-6-2-1-3-7-20/h1-3,6-7,10-13,27H,4-5,8-9,14-19,26H2,(H,28,31)(H,29,30). The van der Waals surface area contributed by atoms with Crippen molar-refractivity contribution in [2.24, 2.45) is 5.73 Å². The number of nitrogens with one attached hydrogen (secondary N) is 3. The number of aryl methyl sites for hydroxylation is 2. The molecule has 0 aliphatic rings. The summed E-state index contributed by atoms with van der Waals surface area (Å²) in [6, 6.07) is 18.4. The number of unbranched alkanes of at least 4 members (excludes halogenated alkanes) is 1. The lowest BCUT2D eigenvalue weighted by Gasteiger charge is -2.08. The smallest absolute Gasteiger partial charge is 0.334 e. The van der Waals surface area contributed by atoms with E-state index in [1.807, 2.05) is 30.3 Å². The van der Waals surface area contributed by atoms with Crippen LogP contribution in [0, 0.1) is 0 Å². The Morgan fingerprint density at radius 2 is 1.42 bits per heavy atom. The number of nitrogens with two attached hydrogens (primary N) is 1. The second-order valence-electron chi connectivity index (χ2n) is 7.75. The number of amides is 2. The highest BCUT2D eigenvalue weighted by Gasteiger charge is 2.09. The second-order valence-corrected chi connectivity index (χ2v) is 7.75. The molecule has 2 rings (SSSR count). The third kappa shape index (κ3) is 11.8. The van der Waals surface area contributed by atoms with Gasteiger partial charge in [0.1, 0.15) is 0 Å². The van der Waals surface area contributed by atoms with E-state index in [2.05, 4.69) is 40.4 Å². The zero-order valence-electron chi connectivity index (χ0n) is 19.0. The van der Waals surface area contributed by atoms with Crippen molar-refractivity contribution in [3.05, 3.63) is 71.3 Å². The SMILES string of the molecule is NCCNCC(=O)NCCC(=O)ONC(=O)Cc1ccc(CCCCc2ccccc2)cc1. The normalized spacial score (nSPS) is 10.5. The van der Waals surface area contributed by atoms with Crippen LogP contribution in [0.5, 0.6) is 0 Å². The molecule has 2 aromatic rings. The number of hydrogen-bond acceptors (Lipinski definition) is 6. The highest BCUT2D eigenvalue weighted by atomic mass is 16.7. The van der Waals surface area contributed by atoms with Crippen LogP contribution >= 0.6 is 0 Å². The van der Waals surface area contributed by atoms with Crippen molar-refractivity contribution in [2.45, 2.75) is 38.5 Å². The summed E-state index contributed by atoms with van der Waals surface area (Å²) < 4.78 is 0. The monoisotopic (exact) mass is 454 g/mol. The summed E-state index contributed by atoms with van der Waals surface area (Å²) in [5, 5.41) is 5.42. The first-order valence-corrected chi connectivity index (χ1v) is 11.3. The predicted octanol–water partition coefficient (Wildman–Crippen LogP) is 1.42. The minimum Gasteiger partial charge on any atom is -0.354 e. The molecule has 0 aliphatic heterocycles. The highest BCUT2D eigenvalue weighted by Crippen LogP contribution is 2.11. The minimum absolute atomic E-state index is 0.0398. The van der Waals surface area contributed by atoms with Crippen molar-refractivity contribution in [1.29, 1.82) is 0 Å². The molecule has 0 aromatic heterocycles. The first-order valence-electron chi connectivity index (χ1n) is 11.3. The van der Waals surface area contributed by atoms with Crippen molar-refractivity contribution in [3.8, 4) is 0 Å². The zero-order valence-corrected chi connectivity index (χ0v) is 19.0. The van der Waals surface area contributed by atoms with Crippen molar-refractivity contribution >= 4 is 17.8 Å². The van der Waals surface area contributed by atoms with Gasteiger partial charge in [-0.25, -0.2) is 4.79 Å². The number of carbonyl (C=O) groups excluding carboxylic acids is 3. The number of rotatable bonds is 14. The lowest BCUT2D eigenvalue weighted by molar-refractivity contribution is -0.158. The fourth-order valence-corrected chi connectivity index (χ4v) is 3.18. The van der Waals surface area contributed by atoms with Gasteiger partial charge in [-0.3, -0.25) is 9.59 Å². The molecule has 5 N–H and O–H groups in total. The third-order valence-electron chi connectivity index (χ3n) is 4.95. The summed E-state index contributed by atoms with van der Waals surface area (Å²) >= 11 is 0. The van der Waals surface area contributed by atoms with Crippen LogP contribution in [-0.2, 0) is 38.5 Å². The largest absolute Gasteiger partial charge is 0.354 e. The molecule has 2 amide bonds. The van der Waals surface area contributed by atoms with Crippen LogP contribution in [0.15, 0.2) is 54.6 Å². The molecule has 8 heteroatoms. The summed E-state index contributed by atoms with van der Waals surface area (Å²) in [7, 11) is 0. The molecule has 0 saturated heterocycles. The molecule has 0 atom stereocenters. The van der Waals surface area contributed by atoms with E-state index in [9.17, 15) is 14.4 Å². The third-order valence-corrected chi connectivity index (χ3v) is 4.95. The second kappa shape index (κ2) is 15.6. The zero-order chi connectivity index (χ0) is 23.7. The fraction of sp³-hybridized carbons (Fsp3) is 0.400. The van der Waals surface area contributed by atoms with Gasteiger partial charge in [0.2, 0.25) is 5.91 Å². The summed E-state index contributed by atoms with van der Waals surface area (Å²) in [6.45, 7) is 1.25. The van der Waals surface area contributed by atoms with Crippen LogP contribution < -0.4 is 21.8 Å². The molecule has 0 saturated carbocycles. The maximum Gasteiger partial charge on any atom is 0.334 e. The van der Waals surface area contributed by atoms with Crippen molar-refractivity contribution in [3.63, 3.8) is 0 Å². The molecule has 0 aliphatic carbocycles. The first kappa shape index (κ1) is 26.0. The Bertz CT molecular complexity index is 856. The highest BCUT2D eigenvalue weighted by molar-refractivity contribution is 5.80. The van der Waals surface area contributed by atoms with Crippen LogP contribution in [0.2, 0.25) is 0 Å². The predicted molar refractivity (Wildman–Crippen MR) is 127 cm³/mol. The maximum absolute atomic E-state index is 12.0. The van der Waals surface area contributed by atoms with E-state index in [1.54, 1.807) is 0 Å². The molecular formula is C25H34N4O4. The van der Waals surface area contributed by atoms with Crippen LogP contribution in [-0.4, -0.2) is 44.0 Å². The van der Waals surface area contributed by atoms with Crippen LogP contribution in [0.25, 0.3) is 0 Å².